The van der Waals surface area contributed by atoms with Crippen LogP contribution in [0.1, 0.15) is 50.0 Å². The van der Waals surface area contributed by atoms with E-state index in [2.05, 4.69) is 41.0 Å². The number of piperidine rings is 1. The van der Waals surface area contributed by atoms with Gasteiger partial charge < -0.3 is 10.6 Å². The Kier molecular flexibility index (Phi) is 4.52. The highest BCUT2D eigenvalue weighted by Crippen LogP contribution is 2.33. The van der Waals surface area contributed by atoms with Crippen LogP contribution >= 0.6 is 0 Å². The average Bonchev–Trinajstić information content (AvgIpc) is 2.50. The van der Waals surface area contributed by atoms with Gasteiger partial charge in [-0.3, -0.25) is 0 Å². The van der Waals surface area contributed by atoms with E-state index in [0.29, 0.717) is 0 Å². The monoisotopic (exact) mass is 258 g/mol. The topological polar surface area (TPSA) is 24.1 Å². The molecule has 2 aliphatic rings. The van der Waals surface area contributed by atoms with E-state index in [1.54, 1.807) is 5.56 Å². The standard InChI is InChI=1S/C17H26N2/c1-2-4-14(5-3-1)15-6-8-16(9-7-15)19-17-10-12-18-13-11-17/h1-5,15-19H,6-13H2. The Morgan fingerprint density at radius 2 is 1.42 bits per heavy atom. The first-order chi connectivity index (χ1) is 9.42. The van der Waals surface area contributed by atoms with Gasteiger partial charge in [0.05, 0.1) is 0 Å². The number of rotatable bonds is 3. The third-order valence-corrected chi connectivity index (χ3v) is 4.81. The SMILES string of the molecule is c1ccc(C2CCC(NC3CCNCC3)CC2)cc1. The Morgan fingerprint density at radius 1 is 0.789 bits per heavy atom. The Morgan fingerprint density at radius 3 is 2.11 bits per heavy atom. The van der Waals surface area contributed by atoms with Crippen molar-refractivity contribution in [3.8, 4) is 0 Å². The summed E-state index contributed by atoms with van der Waals surface area (Å²) in [6.07, 6.45) is 8.02. The largest absolute Gasteiger partial charge is 0.317 e. The molecular formula is C17H26N2. The van der Waals surface area contributed by atoms with Gasteiger partial charge in [-0.1, -0.05) is 30.3 Å². The summed E-state index contributed by atoms with van der Waals surface area (Å²) in [5.41, 5.74) is 1.54. The highest BCUT2D eigenvalue weighted by Gasteiger charge is 2.24. The van der Waals surface area contributed by atoms with Gasteiger partial charge in [0.25, 0.3) is 0 Å². The lowest BCUT2D eigenvalue weighted by molar-refractivity contribution is 0.284. The summed E-state index contributed by atoms with van der Waals surface area (Å²) in [6.45, 7) is 2.38. The summed E-state index contributed by atoms with van der Waals surface area (Å²) in [5, 5.41) is 7.33. The first-order valence-electron chi connectivity index (χ1n) is 7.93. The highest BCUT2D eigenvalue weighted by atomic mass is 15.0. The van der Waals surface area contributed by atoms with E-state index in [1.165, 1.54) is 51.6 Å². The lowest BCUT2D eigenvalue weighted by Gasteiger charge is -2.34. The molecule has 1 saturated carbocycles. The van der Waals surface area contributed by atoms with Gasteiger partial charge in [-0.2, -0.15) is 0 Å². The molecule has 0 amide bonds. The number of benzene rings is 1. The summed E-state index contributed by atoms with van der Waals surface area (Å²) < 4.78 is 0. The minimum Gasteiger partial charge on any atom is -0.317 e. The van der Waals surface area contributed by atoms with Crippen LogP contribution in [0.25, 0.3) is 0 Å². The Labute approximate surface area is 117 Å². The van der Waals surface area contributed by atoms with Gasteiger partial charge in [-0.15, -0.1) is 0 Å². The molecular weight excluding hydrogens is 232 g/mol. The third kappa shape index (κ3) is 3.58. The van der Waals surface area contributed by atoms with Crippen molar-refractivity contribution < 1.29 is 0 Å². The molecule has 1 aliphatic carbocycles. The third-order valence-electron chi connectivity index (χ3n) is 4.81. The summed E-state index contributed by atoms with van der Waals surface area (Å²) in [6, 6.07) is 12.6. The molecule has 2 N–H and O–H groups in total. The molecule has 0 unspecified atom stereocenters. The zero-order valence-electron chi connectivity index (χ0n) is 11.8. The number of nitrogens with one attached hydrogen (secondary N) is 2. The van der Waals surface area contributed by atoms with E-state index in [1.807, 2.05) is 0 Å². The lowest BCUT2D eigenvalue weighted by atomic mass is 9.81. The first-order valence-corrected chi connectivity index (χ1v) is 7.93. The van der Waals surface area contributed by atoms with Crippen molar-refractivity contribution in [2.24, 2.45) is 0 Å². The molecule has 0 radical (unpaired) electrons. The van der Waals surface area contributed by atoms with Gasteiger partial charge in [0, 0.05) is 12.1 Å². The summed E-state index contributed by atoms with van der Waals surface area (Å²) in [7, 11) is 0. The quantitative estimate of drug-likeness (QED) is 0.871. The van der Waals surface area contributed by atoms with Crippen molar-refractivity contribution in [2.45, 2.75) is 56.5 Å². The van der Waals surface area contributed by atoms with Gasteiger partial charge in [-0.25, -0.2) is 0 Å². The number of hydrogen-bond acceptors (Lipinski definition) is 2. The van der Waals surface area contributed by atoms with Gasteiger partial charge in [-0.05, 0) is 63.1 Å². The van der Waals surface area contributed by atoms with Crippen LogP contribution in [0.2, 0.25) is 0 Å². The number of hydrogen-bond donors (Lipinski definition) is 2. The van der Waals surface area contributed by atoms with Crippen LogP contribution in [0, 0.1) is 0 Å². The van der Waals surface area contributed by atoms with E-state index >= 15 is 0 Å². The van der Waals surface area contributed by atoms with E-state index in [0.717, 1.165) is 18.0 Å². The molecule has 19 heavy (non-hydrogen) atoms. The van der Waals surface area contributed by atoms with Crippen molar-refractivity contribution in [3.05, 3.63) is 35.9 Å². The molecule has 3 rings (SSSR count). The van der Waals surface area contributed by atoms with E-state index in [-0.39, 0.29) is 0 Å². The van der Waals surface area contributed by atoms with E-state index in [4.69, 9.17) is 0 Å². The van der Waals surface area contributed by atoms with Crippen LogP contribution < -0.4 is 10.6 Å². The van der Waals surface area contributed by atoms with Crippen LogP contribution in [0.3, 0.4) is 0 Å². The van der Waals surface area contributed by atoms with E-state index < -0.39 is 0 Å². The predicted molar refractivity (Wildman–Crippen MR) is 80.5 cm³/mol. The Bertz CT molecular complexity index is 362. The molecule has 2 heteroatoms. The Balaban J connectivity index is 1.46. The maximum Gasteiger partial charge on any atom is 0.00938 e. The maximum absolute atomic E-state index is 3.89. The smallest absolute Gasteiger partial charge is 0.00938 e. The van der Waals surface area contributed by atoms with Crippen LogP contribution in [0.4, 0.5) is 0 Å². The van der Waals surface area contributed by atoms with Crippen LogP contribution in [-0.2, 0) is 0 Å². The zero-order chi connectivity index (χ0) is 12.9. The molecule has 0 atom stereocenters. The van der Waals surface area contributed by atoms with E-state index in [9.17, 15) is 0 Å². The second kappa shape index (κ2) is 6.53. The highest BCUT2D eigenvalue weighted by molar-refractivity contribution is 5.20. The molecule has 1 aromatic carbocycles. The molecule has 0 spiro atoms. The van der Waals surface area contributed by atoms with Crippen molar-refractivity contribution in [1.29, 1.82) is 0 Å². The molecule has 0 bridgehead atoms. The Hall–Kier alpha value is -0.860. The van der Waals surface area contributed by atoms with Crippen molar-refractivity contribution in [1.82, 2.24) is 10.6 Å². The molecule has 1 aliphatic heterocycles. The van der Waals surface area contributed by atoms with Gasteiger partial charge in [0.15, 0.2) is 0 Å². The fourth-order valence-corrected chi connectivity index (χ4v) is 3.64. The second-order valence-corrected chi connectivity index (χ2v) is 6.15. The van der Waals surface area contributed by atoms with Crippen LogP contribution in [0.15, 0.2) is 30.3 Å². The maximum atomic E-state index is 3.89. The molecule has 1 aromatic rings. The predicted octanol–water partition coefficient (Wildman–Crippen LogP) is 3.05. The summed E-state index contributed by atoms with van der Waals surface area (Å²) >= 11 is 0. The van der Waals surface area contributed by atoms with Crippen LogP contribution in [0.5, 0.6) is 0 Å². The zero-order valence-corrected chi connectivity index (χ0v) is 11.8. The van der Waals surface area contributed by atoms with Crippen molar-refractivity contribution in [3.63, 3.8) is 0 Å². The van der Waals surface area contributed by atoms with Crippen molar-refractivity contribution >= 4 is 0 Å². The molecule has 1 heterocycles. The summed E-state index contributed by atoms with van der Waals surface area (Å²) in [5.74, 6) is 0.798. The fraction of sp³-hybridized carbons (Fsp3) is 0.647. The van der Waals surface area contributed by atoms with Gasteiger partial charge in [0.1, 0.15) is 0 Å². The average molecular weight is 258 g/mol. The van der Waals surface area contributed by atoms with Gasteiger partial charge >= 0.3 is 0 Å². The summed E-state index contributed by atoms with van der Waals surface area (Å²) in [4.78, 5) is 0. The normalized spacial score (nSPS) is 29.3. The van der Waals surface area contributed by atoms with Crippen molar-refractivity contribution in [2.75, 3.05) is 13.1 Å². The fourth-order valence-electron chi connectivity index (χ4n) is 3.64. The molecule has 104 valence electrons. The second-order valence-electron chi connectivity index (χ2n) is 6.15. The minimum absolute atomic E-state index is 0.763. The lowest BCUT2D eigenvalue weighted by Crippen LogP contribution is -2.45. The first kappa shape index (κ1) is 13.1. The van der Waals surface area contributed by atoms with Crippen LogP contribution in [-0.4, -0.2) is 25.2 Å². The van der Waals surface area contributed by atoms with Gasteiger partial charge in [0.2, 0.25) is 0 Å². The molecule has 2 fully saturated rings. The molecule has 0 aromatic heterocycles. The minimum atomic E-state index is 0.763. The molecule has 2 nitrogen and oxygen atoms in total. The molecule has 1 saturated heterocycles.